The molecule has 1 fully saturated rings. The summed E-state index contributed by atoms with van der Waals surface area (Å²) in [7, 11) is 0. The molecule has 8 nitrogen and oxygen atoms in total. The van der Waals surface area contributed by atoms with Gasteiger partial charge in [-0.25, -0.2) is 4.98 Å². The predicted molar refractivity (Wildman–Crippen MR) is 149 cm³/mol. The zero-order valence-corrected chi connectivity index (χ0v) is 21.9. The number of rotatable bonds is 6. The molecular formula is C30H24N2O6S. The number of benzene rings is 3. The molecule has 196 valence electrons. The van der Waals surface area contributed by atoms with Crippen LogP contribution in [0.5, 0.6) is 17.2 Å². The Kier molecular flexibility index (Phi) is 6.28. The first kappa shape index (κ1) is 24.7. The first-order chi connectivity index (χ1) is 18.9. The van der Waals surface area contributed by atoms with E-state index in [2.05, 4.69) is 11.6 Å². The van der Waals surface area contributed by atoms with Crippen molar-refractivity contribution in [1.82, 2.24) is 4.98 Å². The maximum Gasteiger partial charge on any atom is 0.301 e. The number of ketones is 1. The lowest BCUT2D eigenvalue weighted by Gasteiger charge is -2.23. The summed E-state index contributed by atoms with van der Waals surface area (Å²) >= 11 is 1.32. The fraction of sp³-hybridized carbons (Fsp3) is 0.167. The van der Waals surface area contributed by atoms with Gasteiger partial charge < -0.3 is 19.3 Å². The van der Waals surface area contributed by atoms with E-state index in [1.165, 1.54) is 16.2 Å². The van der Waals surface area contributed by atoms with Crippen LogP contribution in [0.2, 0.25) is 0 Å². The lowest BCUT2D eigenvalue weighted by Crippen LogP contribution is -2.29. The number of aryl methyl sites for hydroxylation is 1. The molecule has 0 spiro atoms. The third kappa shape index (κ3) is 4.40. The summed E-state index contributed by atoms with van der Waals surface area (Å²) in [5.74, 6) is -0.243. The number of carbonyl (C=O) groups excluding carboxylic acids is 2. The summed E-state index contributed by atoms with van der Waals surface area (Å²) in [5, 5.41) is 11.9. The SMILES string of the molecule is C=CCOc1ccc([C@H]2C(=C(O)c3ccc4c(c3)OCCO4)C(=O)C(=O)N2c2nc3ccc(C)cc3s2)cc1. The molecule has 39 heavy (non-hydrogen) atoms. The van der Waals surface area contributed by atoms with Crippen molar-refractivity contribution in [3.63, 3.8) is 0 Å². The van der Waals surface area contributed by atoms with Crippen LogP contribution < -0.4 is 19.1 Å². The Morgan fingerprint density at radius 1 is 1.10 bits per heavy atom. The van der Waals surface area contributed by atoms with Crippen LogP contribution in [0.15, 0.2) is 78.9 Å². The highest BCUT2D eigenvalue weighted by Gasteiger charge is 2.48. The molecule has 1 aromatic heterocycles. The van der Waals surface area contributed by atoms with Crippen molar-refractivity contribution in [1.29, 1.82) is 0 Å². The molecule has 3 heterocycles. The van der Waals surface area contributed by atoms with E-state index < -0.39 is 17.7 Å². The molecule has 1 atom stereocenters. The minimum atomic E-state index is -0.909. The second kappa shape index (κ2) is 9.92. The van der Waals surface area contributed by atoms with Crippen LogP contribution in [0, 0.1) is 6.92 Å². The van der Waals surface area contributed by atoms with Gasteiger partial charge in [-0.1, -0.05) is 42.2 Å². The number of hydrogen-bond donors (Lipinski definition) is 1. The van der Waals surface area contributed by atoms with Crippen LogP contribution in [0.4, 0.5) is 5.13 Å². The zero-order chi connectivity index (χ0) is 27.1. The van der Waals surface area contributed by atoms with Crippen molar-refractivity contribution in [3.8, 4) is 17.2 Å². The average molecular weight is 541 g/mol. The number of aliphatic hydroxyl groups excluding tert-OH is 1. The van der Waals surface area contributed by atoms with Crippen molar-refractivity contribution in [2.45, 2.75) is 13.0 Å². The highest BCUT2D eigenvalue weighted by atomic mass is 32.1. The number of ether oxygens (including phenoxy) is 3. The number of aromatic nitrogens is 1. The molecule has 1 N–H and O–H groups in total. The second-order valence-corrected chi connectivity index (χ2v) is 10.2. The van der Waals surface area contributed by atoms with Gasteiger partial charge in [0.2, 0.25) is 0 Å². The molecule has 3 aromatic carbocycles. The van der Waals surface area contributed by atoms with Gasteiger partial charge >= 0.3 is 5.91 Å². The zero-order valence-electron chi connectivity index (χ0n) is 21.0. The smallest absolute Gasteiger partial charge is 0.301 e. The Morgan fingerprint density at radius 2 is 1.87 bits per heavy atom. The Balaban J connectivity index is 1.50. The minimum absolute atomic E-state index is 0.0353. The molecule has 0 unspecified atom stereocenters. The third-order valence-corrected chi connectivity index (χ3v) is 7.58. The molecule has 1 saturated heterocycles. The lowest BCUT2D eigenvalue weighted by molar-refractivity contribution is -0.132. The summed E-state index contributed by atoms with van der Waals surface area (Å²) < 4.78 is 17.8. The molecule has 4 aromatic rings. The maximum absolute atomic E-state index is 13.5. The molecule has 0 radical (unpaired) electrons. The van der Waals surface area contributed by atoms with E-state index in [0.717, 1.165) is 15.8 Å². The van der Waals surface area contributed by atoms with Gasteiger partial charge in [0.25, 0.3) is 5.78 Å². The van der Waals surface area contributed by atoms with Crippen LogP contribution in [0.25, 0.3) is 16.0 Å². The predicted octanol–water partition coefficient (Wildman–Crippen LogP) is 5.57. The number of amides is 1. The number of fused-ring (bicyclic) bond motifs is 2. The molecule has 2 aliphatic rings. The van der Waals surface area contributed by atoms with Crippen molar-refractivity contribution in [3.05, 3.63) is 95.6 Å². The standard InChI is InChI=1S/C30H24N2O6S/c1-3-12-36-20-8-5-18(6-9-20)26-25(27(33)19-7-11-22-23(16-19)38-14-13-37-22)28(34)29(35)32(26)30-31-21-10-4-17(2)15-24(21)39-30/h3-11,15-16,26,33H,1,12-14H2,2H3/t26-/m0/s1. The number of thiazole rings is 1. The van der Waals surface area contributed by atoms with E-state index in [1.807, 2.05) is 25.1 Å². The summed E-state index contributed by atoms with van der Waals surface area (Å²) in [6, 6.07) is 16.9. The fourth-order valence-electron chi connectivity index (χ4n) is 4.72. The first-order valence-corrected chi connectivity index (χ1v) is 13.2. The Labute approximate surface area is 228 Å². The molecular weight excluding hydrogens is 516 g/mol. The lowest BCUT2D eigenvalue weighted by atomic mass is 9.95. The molecule has 0 aliphatic carbocycles. The summed E-state index contributed by atoms with van der Waals surface area (Å²) in [6.45, 7) is 6.78. The van der Waals surface area contributed by atoms with Crippen LogP contribution in [-0.2, 0) is 9.59 Å². The van der Waals surface area contributed by atoms with E-state index in [0.29, 0.717) is 53.3 Å². The van der Waals surface area contributed by atoms with Gasteiger partial charge in [0, 0.05) is 5.56 Å². The monoisotopic (exact) mass is 540 g/mol. The minimum Gasteiger partial charge on any atom is -0.507 e. The average Bonchev–Trinajstić information content (AvgIpc) is 3.48. The maximum atomic E-state index is 13.5. The third-order valence-electron chi connectivity index (χ3n) is 6.56. The fourth-order valence-corrected chi connectivity index (χ4v) is 5.81. The molecule has 2 aliphatic heterocycles. The Morgan fingerprint density at radius 3 is 2.64 bits per heavy atom. The normalized spacial score (nSPS) is 18.0. The van der Waals surface area contributed by atoms with E-state index >= 15 is 0 Å². The molecule has 9 heteroatoms. The number of carbonyl (C=O) groups is 2. The topological polar surface area (TPSA) is 98.2 Å². The van der Waals surface area contributed by atoms with Crippen LogP contribution in [0.1, 0.15) is 22.7 Å². The highest BCUT2D eigenvalue weighted by Crippen LogP contribution is 2.45. The van der Waals surface area contributed by atoms with Crippen molar-refractivity contribution in [2.75, 3.05) is 24.7 Å². The molecule has 6 rings (SSSR count). The van der Waals surface area contributed by atoms with Gasteiger partial charge in [0.1, 0.15) is 31.3 Å². The van der Waals surface area contributed by atoms with E-state index in [1.54, 1.807) is 48.5 Å². The quantitative estimate of drug-likeness (QED) is 0.148. The van der Waals surface area contributed by atoms with Crippen molar-refractivity contribution >= 4 is 44.1 Å². The second-order valence-electron chi connectivity index (χ2n) is 9.16. The molecule has 0 saturated carbocycles. The first-order valence-electron chi connectivity index (χ1n) is 12.4. The number of hydrogen-bond acceptors (Lipinski definition) is 8. The van der Waals surface area contributed by atoms with Gasteiger partial charge in [-0.2, -0.15) is 0 Å². The Bertz CT molecular complexity index is 1660. The van der Waals surface area contributed by atoms with Crippen molar-refractivity contribution in [2.24, 2.45) is 0 Å². The van der Waals surface area contributed by atoms with E-state index in [4.69, 9.17) is 14.2 Å². The summed E-state index contributed by atoms with van der Waals surface area (Å²) in [5.41, 5.74) is 2.71. The number of Topliss-reactive ketones (excluding diaryl/α,β-unsaturated/α-hetero) is 1. The van der Waals surface area contributed by atoms with Gasteiger partial charge in [0.05, 0.1) is 21.8 Å². The number of nitrogens with zero attached hydrogens (tertiary/aromatic N) is 2. The Hall–Kier alpha value is -4.63. The van der Waals surface area contributed by atoms with Gasteiger partial charge in [-0.3, -0.25) is 14.5 Å². The van der Waals surface area contributed by atoms with Crippen LogP contribution in [0.3, 0.4) is 0 Å². The summed E-state index contributed by atoms with van der Waals surface area (Å²) in [6.07, 6.45) is 1.64. The van der Waals surface area contributed by atoms with Crippen LogP contribution in [-0.4, -0.2) is 41.6 Å². The largest absolute Gasteiger partial charge is 0.507 e. The van der Waals surface area contributed by atoms with E-state index in [9.17, 15) is 14.7 Å². The number of anilines is 1. The summed E-state index contributed by atoms with van der Waals surface area (Å²) in [4.78, 5) is 33.1. The van der Waals surface area contributed by atoms with Gasteiger partial charge in [-0.05, 0) is 60.5 Å². The van der Waals surface area contributed by atoms with E-state index in [-0.39, 0.29) is 11.3 Å². The highest BCUT2D eigenvalue weighted by molar-refractivity contribution is 7.22. The molecule has 1 amide bonds. The number of aliphatic hydroxyl groups is 1. The van der Waals surface area contributed by atoms with Crippen LogP contribution >= 0.6 is 11.3 Å². The van der Waals surface area contributed by atoms with Crippen molar-refractivity contribution < 1.29 is 28.9 Å². The molecule has 0 bridgehead atoms. The van der Waals surface area contributed by atoms with Gasteiger partial charge in [0.15, 0.2) is 16.6 Å². The van der Waals surface area contributed by atoms with Gasteiger partial charge in [-0.15, -0.1) is 0 Å².